The van der Waals surface area contributed by atoms with Crippen molar-refractivity contribution < 1.29 is 14.4 Å². The molecule has 2 aromatic carbocycles. The van der Waals surface area contributed by atoms with Crippen LogP contribution < -0.4 is 15.0 Å². The summed E-state index contributed by atoms with van der Waals surface area (Å²) in [7, 11) is 1.67. The van der Waals surface area contributed by atoms with Gasteiger partial charge in [-0.3, -0.25) is 0 Å². The van der Waals surface area contributed by atoms with E-state index in [0.29, 0.717) is 6.54 Å². The average Bonchev–Trinajstić information content (AvgIpc) is 2.62. The zero-order valence-corrected chi connectivity index (χ0v) is 13.6. The van der Waals surface area contributed by atoms with E-state index in [-0.39, 0.29) is 5.75 Å². The number of rotatable bonds is 5. The van der Waals surface area contributed by atoms with Crippen LogP contribution in [0.25, 0.3) is 23.1 Å². The van der Waals surface area contributed by atoms with Crippen LogP contribution in [0.1, 0.15) is 11.3 Å². The fourth-order valence-corrected chi connectivity index (χ4v) is 2.73. The van der Waals surface area contributed by atoms with Gasteiger partial charge in [0.2, 0.25) is 11.2 Å². The molecular formula is C20H21N2O2+. The van der Waals surface area contributed by atoms with E-state index in [2.05, 4.69) is 28.8 Å². The molecule has 3 aromatic rings. The van der Waals surface area contributed by atoms with E-state index in [0.717, 1.165) is 34.5 Å². The summed E-state index contributed by atoms with van der Waals surface area (Å²) in [5.41, 5.74) is 9.03. The molecule has 0 bridgehead atoms. The van der Waals surface area contributed by atoms with Gasteiger partial charge in [-0.25, -0.2) is 0 Å². The van der Waals surface area contributed by atoms with Crippen LogP contribution in [0.4, 0.5) is 0 Å². The summed E-state index contributed by atoms with van der Waals surface area (Å²) in [6, 6.07) is 17.3. The van der Waals surface area contributed by atoms with Crippen LogP contribution in [-0.2, 0) is 6.54 Å². The number of methoxy groups -OCH3 is 1. The Kier molecular flexibility index (Phi) is 4.77. The summed E-state index contributed by atoms with van der Waals surface area (Å²) in [5, 5.41) is 10.5. The maximum absolute atomic E-state index is 9.36. The molecule has 0 aliphatic carbocycles. The van der Waals surface area contributed by atoms with Crippen molar-refractivity contribution in [1.82, 2.24) is 0 Å². The highest BCUT2D eigenvalue weighted by atomic mass is 16.5. The van der Waals surface area contributed by atoms with Crippen molar-refractivity contribution in [3.8, 4) is 11.5 Å². The molecular weight excluding hydrogens is 300 g/mol. The molecule has 24 heavy (non-hydrogen) atoms. The van der Waals surface area contributed by atoms with E-state index >= 15 is 0 Å². The smallest absolute Gasteiger partial charge is 0.213 e. The lowest BCUT2D eigenvalue weighted by atomic mass is 10.1. The molecule has 1 heterocycles. The molecule has 0 fully saturated rings. The van der Waals surface area contributed by atoms with E-state index in [9.17, 15) is 5.11 Å². The molecule has 3 N–H and O–H groups in total. The zero-order valence-electron chi connectivity index (χ0n) is 13.6. The van der Waals surface area contributed by atoms with Crippen molar-refractivity contribution >= 4 is 23.1 Å². The second kappa shape index (κ2) is 7.15. The molecule has 122 valence electrons. The number of hydrogen-bond acceptors (Lipinski definition) is 3. The first-order valence-electron chi connectivity index (χ1n) is 7.89. The highest BCUT2D eigenvalue weighted by Crippen LogP contribution is 2.19. The predicted octanol–water partition coefficient (Wildman–Crippen LogP) is 2.97. The minimum absolute atomic E-state index is 0.269. The van der Waals surface area contributed by atoms with Crippen molar-refractivity contribution in [3.05, 3.63) is 65.9 Å². The Hall–Kier alpha value is -2.85. The quantitative estimate of drug-likeness (QED) is 0.710. The van der Waals surface area contributed by atoms with Crippen LogP contribution in [0.2, 0.25) is 0 Å². The number of phenols is 1. The lowest BCUT2D eigenvalue weighted by Crippen LogP contribution is -2.41. The number of ether oxygens (including phenoxy) is 1. The van der Waals surface area contributed by atoms with Gasteiger partial charge in [0.1, 0.15) is 11.5 Å². The molecule has 0 saturated heterocycles. The minimum Gasteiger partial charge on any atom is -0.508 e. The van der Waals surface area contributed by atoms with Crippen LogP contribution in [0, 0.1) is 0 Å². The van der Waals surface area contributed by atoms with E-state index < -0.39 is 0 Å². The lowest BCUT2D eigenvalue weighted by molar-refractivity contribution is -0.670. The normalized spacial score (nSPS) is 11.2. The van der Waals surface area contributed by atoms with Gasteiger partial charge in [0.05, 0.1) is 19.0 Å². The topological polar surface area (TPSA) is 59.4 Å². The van der Waals surface area contributed by atoms with Gasteiger partial charge < -0.3 is 15.6 Å². The van der Waals surface area contributed by atoms with Gasteiger partial charge in [0, 0.05) is 18.2 Å². The molecule has 4 heteroatoms. The third-order valence-electron chi connectivity index (χ3n) is 3.96. The number of nitrogens with two attached hydrogens (primary N) is 1. The number of aromatic nitrogens is 1. The van der Waals surface area contributed by atoms with Gasteiger partial charge in [-0.1, -0.05) is 12.1 Å². The van der Waals surface area contributed by atoms with E-state index in [4.69, 9.17) is 10.5 Å². The first kappa shape index (κ1) is 16.0. The number of pyridine rings is 1. The first-order valence-corrected chi connectivity index (χ1v) is 7.89. The maximum Gasteiger partial charge on any atom is 0.213 e. The zero-order chi connectivity index (χ0) is 16.9. The van der Waals surface area contributed by atoms with Crippen molar-refractivity contribution in [3.63, 3.8) is 0 Å². The molecule has 0 radical (unpaired) electrons. The second-order valence-electron chi connectivity index (χ2n) is 5.55. The van der Waals surface area contributed by atoms with Crippen LogP contribution in [0.3, 0.4) is 0 Å². The molecule has 0 aliphatic heterocycles. The van der Waals surface area contributed by atoms with Crippen molar-refractivity contribution in [2.45, 2.75) is 6.54 Å². The number of fused-ring (bicyclic) bond motifs is 1. The highest BCUT2D eigenvalue weighted by Gasteiger charge is 2.13. The number of nitrogens with zero attached hydrogens (tertiary/aromatic N) is 1. The standard InChI is InChI=1S/C20H20N2O2/c1-24-19-10-11-20-16(14-19)5-7-17(22(20)13-12-21)6-2-15-3-8-18(23)9-4-15/h2-11,14H,12-13,21H2,1H3/p+1. The van der Waals surface area contributed by atoms with Gasteiger partial charge in [-0.05, 0) is 42.0 Å². The van der Waals surface area contributed by atoms with Crippen molar-refractivity contribution in [1.29, 1.82) is 0 Å². The Morgan fingerprint density at radius 3 is 2.54 bits per heavy atom. The largest absolute Gasteiger partial charge is 0.508 e. The highest BCUT2D eigenvalue weighted by molar-refractivity contribution is 5.79. The third-order valence-corrected chi connectivity index (χ3v) is 3.96. The minimum atomic E-state index is 0.269. The fourth-order valence-electron chi connectivity index (χ4n) is 2.73. The average molecular weight is 321 g/mol. The summed E-state index contributed by atoms with van der Waals surface area (Å²) in [5.74, 6) is 1.11. The number of aromatic hydroxyl groups is 1. The summed E-state index contributed by atoms with van der Waals surface area (Å²) in [4.78, 5) is 0. The lowest BCUT2D eigenvalue weighted by Gasteiger charge is -2.06. The Bertz CT molecular complexity index is 871. The molecule has 4 nitrogen and oxygen atoms in total. The van der Waals surface area contributed by atoms with Crippen LogP contribution >= 0.6 is 0 Å². The molecule has 0 aliphatic rings. The molecule has 0 spiro atoms. The Labute approximate surface area is 141 Å². The first-order chi connectivity index (χ1) is 11.7. The van der Waals surface area contributed by atoms with Crippen LogP contribution in [0.15, 0.2) is 54.6 Å². The van der Waals surface area contributed by atoms with Gasteiger partial charge >= 0.3 is 0 Å². The second-order valence-corrected chi connectivity index (χ2v) is 5.55. The fraction of sp³-hybridized carbons (Fsp3) is 0.150. The Balaban J connectivity index is 2.03. The molecule has 0 amide bonds. The maximum atomic E-state index is 9.36. The summed E-state index contributed by atoms with van der Waals surface area (Å²) in [6.07, 6.45) is 4.09. The summed E-state index contributed by atoms with van der Waals surface area (Å²) >= 11 is 0. The monoisotopic (exact) mass is 321 g/mol. The Morgan fingerprint density at radius 2 is 1.83 bits per heavy atom. The van der Waals surface area contributed by atoms with Crippen LogP contribution in [-0.4, -0.2) is 18.8 Å². The van der Waals surface area contributed by atoms with Gasteiger partial charge in [-0.15, -0.1) is 0 Å². The van der Waals surface area contributed by atoms with E-state index in [1.54, 1.807) is 19.2 Å². The molecule has 0 atom stereocenters. The predicted molar refractivity (Wildman–Crippen MR) is 96.8 cm³/mol. The van der Waals surface area contributed by atoms with Gasteiger partial charge in [0.25, 0.3) is 0 Å². The number of phenolic OH excluding ortho intramolecular Hbond substituents is 1. The van der Waals surface area contributed by atoms with E-state index in [1.807, 2.05) is 30.3 Å². The van der Waals surface area contributed by atoms with Gasteiger partial charge in [-0.2, -0.15) is 4.57 Å². The molecule has 0 unspecified atom stereocenters. The van der Waals surface area contributed by atoms with Gasteiger partial charge in [0.15, 0.2) is 6.54 Å². The Morgan fingerprint density at radius 1 is 1.04 bits per heavy atom. The van der Waals surface area contributed by atoms with Crippen molar-refractivity contribution in [2.75, 3.05) is 13.7 Å². The summed E-state index contributed by atoms with van der Waals surface area (Å²) < 4.78 is 7.50. The SMILES string of the molecule is COc1ccc2c(ccc(/C=C/c3ccc(O)cc3)[n+]2CCN)c1. The van der Waals surface area contributed by atoms with E-state index in [1.165, 1.54) is 0 Å². The number of benzene rings is 2. The van der Waals surface area contributed by atoms with Crippen molar-refractivity contribution in [2.24, 2.45) is 5.73 Å². The number of hydrogen-bond donors (Lipinski definition) is 2. The summed E-state index contributed by atoms with van der Waals surface area (Å²) in [6.45, 7) is 1.30. The molecule has 0 saturated carbocycles. The molecule has 3 rings (SSSR count). The molecule has 1 aromatic heterocycles. The third kappa shape index (κ3) is 3.39. The van der Waals surface area contributed by atoms with Crippen LogP contribution in [0.5, 0.6) is 11.5 Å².